The lowest BCUT2D eigenvalue weighted by Crippen LogP contribution is -2.61. The molecule has 4 aliphatic rings. The van der Waals surface area contributed by atoms with Crippen molar-refractivity contribution in [2.45, 2.75) is 87.9 Å². The fourth-order valence-corrected chi connectivity index (χ4v) is 7.00. The van der Waals surface area contributed by atoms with E-state index < -0.39 is 54.3 Å². The van der Waals surface area contributed by atoms with Crippen LogP contribution in [0.1, 0.15) is 49.7 Å². The maximum atomic E-state index is 11.4. The molecule has 0 radical (unpaired) electrons. The van der Waals surface area contributed by atoms with Gasteiger partial charge in [0.15, 0.2) is 12.4 Å². The minimum Gasteiger partial charge on any atom is -0.508 e. The van der Waals surface area contributed by atoms with E-state index in [0.29, 0.717) is 18.3 Å². The summed E-state index contributed by atoms with van der Waals surface area (Å²) in [6, 6.07) is 5.58. The van der Waals surface area contributed by atoms with Crippen LogP contribution in [0.4, 0.5) is 0 Å². The van der Waals surface area contributed by atoms with Gasteiger partial charge >= 0.3 is 5.97 Å². The molecule has 2 saturated carbocycles. The summed E-state index contributed by atoms with van der Waals surface area (Å²) < 4.78 is 11.2. The highest BCUT2D eigenvalue weighted by molar-refractivity contribution is 5.73. The topological polar surface area (TPSA) is 157 Å². The van der Waals surface area contributed by atoms with Gasteiger partial charge in [0.2, 0.25) is 0 Å². The number of aryl methyl sites for hydroxylation is 1. The molecule has 1 aromatic carbocycles. The number of hydrogen-bond donors (Lipinski definition) is 6. The summed E-state index contributed by atoms with van der Waals surface area (Å²) >= 11 is 0. The van der Waals surface area contributed by atoms with Crippen molar-refractivity contribution in [1.82, 2.24) is 0 Å². The Morgan fingerprint density at radius 2 is 1.88 bits per heavy atom. The Kier molecular flexibility index (Phi) is 5.70. The smallest absolute Gasteiger partial charge is 0.335 e. The number of fused-ring (bicyclic) bond motifs is 5. The van der Waals surface area contributed by atoms with Crippen molar-refractivity contribution >= 4 is 5.97 Å². The summed E-state index contributed by atoms with van der Waals surface area (Å²) in [7, 11) is 0. The number of aliphatic hydroxyl groups is 4. The highest BCUT2D eigenvalue weighted by Crippen LogP contribution is 2.61. The molecule has 3 fully saturated rings. The molecule has 1 aromatic rings. The molecular weight excluding hydrogens is 432 g/mol. The highest BCUT2D eigenvalue weighted by Gasteiger charge is 2.59. The minimum atomic E-state index is -1.78. The second-order valence-corrected chi connectivity index (χ2v) is 10.4. The summed E-state index contributed by atoms with van der Waals surface area (Å²) in [5.41, 5.74) is 2.04. The summed E-state index contributed by atoms with van der Waals surface area (Å²) in [6.45, 7) is 2.06. The van der Waals surface area contributed by atoms with Gasteiger partial charge in [0.05, 0.1) is 12.2 Å². The van der Waals surface area contributed by atoms with Crippen molar-refractivity contribution in [3.63, 3.8) is 0 Å². The van der Waals surface area contributed by atoms with Gasteiger partial charge in [0.25, 0.3) is 0 Å². The van der Waals surface area contributed by atoms with Gasteiger partial charge in [-0.3, -0.25) is 0 Å². The third-order valence-electron chi connectivity index (χ3n) is 8.78. The van der Waals surface area contributed by atoms with Gasteiger partial charge in [-0.15, -0.1) is 0 Å². The van der Waals surface area contributed by atoms with E-state index in [1.54, 1.807) is 6.07 Å². The summed E-state index contributed by atoms with van der Waals surface area (Å²) in [5.74, 6) is -0.367. The molecule has 0 aromatic heterocycles. The number of rotatable bonds is 3. The molecule has 182 valence electrons. The van der Waals surface area contributed by atoms with Crippen LogP contribution < -0.4 is 0 Å². The SMILES string of the molecule is C[C@@]12CC[C@H]3c4ccc(O)cc4CC[C@@H]3[C@@H]1C[C@H](O[C@H]1O[C@@H](C(=O)O)[C@@H](O)[C@@H](O)[C@H]1O)[C@@H]2O. The third kappa shape index (κ3) is 3.57. The monoisotopic (exact) mass is 464 g/mol. The zero-order chi connectivity index (χ0) is 23.7. The van der Waals surface area contributed by atoms with Crippen LogP contribution in [0.5, 0.6) is 5.75 Å². The van der Waals surface area contributed by atoms with Gasteiger partial charge in [0.1, 0.15) is 24.1 Å². The van der Waals surface area contributed by atoms with E-state index in [2.05, 4.69) is 6.92 Å². The second-order valence-electron chi connectivity index (χ2n) is 10.4. The van der Waals surface area contributed by atoms with Crippen LogP contribution in [0.2, 0.25) is 0 Å². The number of aromatic hydroxyl groups is 1. The molecule has 0 bridgehead atoms. The molecule has 33 heavy (non-hydrogen) atoms. The minimum absolute atomic E-state index is 0.157. The number of phenols is 1. The molecule has 3 aliphatic carbocycles. The average Bonchev–Trinajstić information content (AvgIpc) is 3.03. The summed E-state index contributed by atoms with van der Waals surface area (Å²) in [5, 5.41) is 60.7. The standard InChI is InChI=1S/C24H32O9/c1-24-7-6-13-12-5-3-11(25)8-10(12)2-4-14(13)15(24)9-16(21(24)29)32-23-19(28)17(26)18(27)20(33-23)22(30)31/h3,5,8,13-21,23,25-29H,2,4,6-7,9H2,1H3,(H,30,31)/t13-,14-,15-,16-,17+,18-,19+,20+,21-,23-,24+/m0/s1. The van der Waals surface area contributed by atoms with Crippen molar-refractivity contribution in [3.05, 3.63) is 29.3 Å². The third-order valence-corrected chi connectivity index (χ3v) is 8.78. The normalized spacial score (nSPS) is 46.8. The van der Waals surface area contributed by atoms with Crippen LogP contribution >= 0.6 is 0 Å². The first-order chi connectivity index (χ1) is 15.6. The van der Waals surface area contributed by atoms with Crippen LogP contribution in [0.3, 0.4) is 0 Å². The predicted molar refractivity (Wildman–Crippen MR) is 113 cm³/mol. The van der Waals surface area contributed by atoms with Crippen LogP contribution in [-0.4, -0.2) is 79.5 Å². The zero-order valence-corrected chi connectivity index (χ0v) is 18.4. The zero-order valence-electron chi connectivity index (χ0n) is 18.4. The number of benzene rings is 1. The number of carboxylic acids is 1. The largest absolute Gasteiger partial charge is 0.508 e. The van der Waals surface area contributed by atoms with Crippen LogP contribution in [-0.2, 0) is 20.7 Å². The fraction of sp³-hybridized carbons (Fsp3) is 0.708. The first-order valence-corrected chi connectivity index (χ1v) is 11.7. The van der Waals surface area contributed by atoms with Crippen molar-refractivity contribution in [2.24, 2.45) is 17.3 Å². The van der Waals surface area contributed by atoms with Crippen molar-refractivity contribution in [1.29, 1.82) is 0 Å². The molecule has 0 unspecified atom stereocenters. The number of aliphatic hydroxyl groups excluding tert-OH is 4. The molecule has 1 saturated heterocycles. The lowest BCUT2D eigenvalue weighted by molar-refractivity contribution is -0.309. The first-order valence-electron chi connectivity index (χ1n) is 11.7. The number of hydrogen-bond acceptors (Lipinski definition) is 8. The number of ether oxygens (including phenoxy) is 2. The van der Waals surface area contributed by atoms with Crippen molar-refractivity contribution in [2.75, 3.05) is 0 Å². The van der Waals surface area contributed by atoms with Crippen molar-refractivity contribution in [3.8, 4) is 5.75 Å². The molecule has 6 N–H and O–H groups in total. The number of carbonyl (C=O) groups is 1. The molecular formula is C24H32O9. The lowest BCUT2D eigenvalue weighted by atomic mass is 9.55. The van der Waals surface area contributed by atoms with Crippen LogP contribution in [0.15, 0.2) is 18.2 Å². The van der Waals surface area contributed by atoms with E-state index in [1.165, 1.54) is 11.1 Å². The Bertz CT molecular complexity index is 921. The molecule has 1 heterocycles. The maximum absolute atomic E-state index is 11.4. The van der Waals surface area contributed by atoms with Gasteiger partial charge in [-0.25, -0.2) is 4.79 Å². The van der Waals surface area contributed by atoms with E-state index in [-0.39, 0.29) is 11.7 Å². The van der Waals surface area contributed by atoms with E-state index >= 15 is 0 Å². The molecule has 9 nitrogen and oxygen atoms in total. The Labute approximate surface area is 191 Å². The first kappa shape index (κ1) is 23.0. The Morgan fingerprint density at radius 1 is 1.12 bits per heavy atom. The second kappa shape index (κ2) is 8.18. The molecule has 1 aliphatic heterocycles. The van der Waals surface area contributed by atoms with Gasteiger partial charge in [-0.2, -0.15) is 0 Å². The van der Waals surface area contributed by atoms with E-state index in [9.17, 15) is 35.4 Å². The van der Waals surface area contributed by atoms with Crippen LogP contribution in [0, 0.1) is 17.3 Å². The Hall–Kier alpha value is -1.75. The van der Waals surface area contributed by atoms with E-state index in [0.717, 1.165) is 25.7 Å². The van der Waals surface area contributed by atoms with Gasteiger partial charge in [0, 0.05) is 0 Å². The van der Waals surface area contributed by atoms with E-state index in [1.807, 2.05) is 12.1 Å². The molecule has 0 spiro atoms. The Morgan fingerprint density at radius 3 is 2.61 bits per heavy atom. The number of phenolic OH excluding ortho intramolecular Hbond substituents is 1. The highest BCUT2D eigenvalue weighted by atomic mass is 16.7. The summed E-state index contributed by atoms with van der Waals surface area (Å²) in [6.07, 6.45) is -5.89. The predicted octanol–water partition coefficient (Wildman–Crippen LogP) is 0.496. The maximum Gasteiger partial charge on any atom is 0.335 e. The van der Waals surface area contributed by atoms with E-state index in [4.69, 9.17) is 9.47 Å². The number of aliphatic carboxylic acids is 1. The summed E-state index contributed by atoms with van der Waals surface area (Å²) in [4.78, 5) is 11.4. The van der Waals surface area contributed by atoms with Crippen LogP contribution in [0.25, 0.3) is 0 Å². The average molecular weight is 465 g/mol. The quantitative estimate of drug-likeness (QED) is 0.375. The number of carboxylic acid groups (broad SMARTS) is 1. The molecule has 5 rings (SSSR count). The fourth-order valence-electron chi connectivity index (χ4n) is 7.00. The van der Waals surface area contributed by atoms with Gasteiger partial charge < -0.3 is 40.1 Å². The van der Waals surface area contributed by atoms with Crippen molar-refractivity contribution < 1.29 is 44.9 Å². The molecule has 0 amide bonds. The molecule has 9 heteroatoms. The lowest BCUT2D eigenvalue weighted by Gasteiger charge is -2.49. The van der Waals surface area contributed by atoms with Gasteiger partial charge in [-0.1, -0.05) is 13.0 Å². The molecule has 11 atom stereocenters. The van der Waals surface area contributed by atoms with Gasteiger partial charge in [-0.05, 0) is 78.5 Å². The Balaban J connectivity index is 1.36.